The van der Waals surface area contributed by atoms with Crippen molar-refractivity contribution in [2.24, 2.45) is 0 Å². The number of benzene rings is 1. The number of thiophene rings is 1. The normalized spacial score (nSPS) is 13.9. The largest absolute Gasteiger partial charge is 0.339 e. The minimum atomic E-state index is -0.0800. The Balaban J connectivity index is 1.31. The number of nitrogens with zero attached hydrogens (tertiary/aromatic N) is 6. The molecule has 1 aliphatic rings. The summed E-state index contributed by atoms with van der Waals surface area (Å²) < 4.78 is 2.08. The van der Waals surface area contributed by atoms with Gasteiger partial charge in [-0.1, -0.05) is 30.0 Å². The van der Waals surface area contributed by atoms with Crippen molar-refractivity contribution in [1.82, 2.24) is 29.5 Å². The van der Waals surface area contributed by atoms with Crippen molar-refractivity contribution in [3.05, 3.63) is 63.4 Å². The predicted octanol–water partition coefficient (Wildman–Crippen LogP) is 4.36. The van der Waals surface area contributed by atoms with Gasteiger partial charge in [0.25, 0.3) is 5.91 Å². The van der Waals surface area contributed by atoms with Crippen LogP contribution in [0.25, 0.3) is 16.4 Å². The van der Waals surface area contributed by atoms with Gasteiger partial charge in [0.1, 0.15) is 10.7 Å². The highest BCUT2D eigenvalue weighted by molar-refractivity contribution is 7.98. The van der Waals surface area contributed by atoms with Gasteiger partial charge < -0.3 is 9.80 Å². The van der Waals surface area contributed by atoms with E-state index in [2.05, 4.69) is 44.9 Å². The Morgan fingerprint density at radius 3 is 2.54 bits per heavy atom. The van der Waals surface area contributed by atoms with Crippen LogP contribution in [-0.4, -0.2) is 67.5 Å². The quantitative estimate of drug-likeness (QED) is 0.349. The number of amides is 2. The molecule has 0 spiro atoms. The maximum absolute atomic E-state index is 12.9. The monoisotopic (exact) mass is 524 g/mol. The fraction of sp³-hybridized carbons (Fsp3) is 0.292. The zero-order valence-electron chi connectivity index (χ0n) is 19.4. The zero-order chi connectivity index (χ0) is 24.4. The average Bonchev–Trinajstić information content (AvgIpc) is 3.63. The third-order valence-electron chi connectivity index (χ3n) is 5.74. The molecule has 0 N–H and O–H groups in total. The summed E-state index contributed by atoms with van der Waals surface area (Å²) in [6, 6.07) is 12.3. The summed E-state index contributed by atoms with van der Waals surface area (Å²) in [5.74, 6) is 1.37. The van der Waals surface area contributed by atoms with Gasteiger partial charge in [-0.3, -0.25) is 14.2 Å². The van der Waals surface area contributed by atoms with Gasteiger partial charge in [0.15, 0.2) is 11.0 Å². The van der Waals surface area contributed by atoms with E-state index in [-0.39, 0.29) is 11.8 Å². The average molecular weight is 525 g/mol. The molecular formula is C24H24N6O2S3. The molecule has 2 amide bonds. The number of hydrogen-bond donors (Lipinski definition) is 0. The number of carbonyl (C=O) groups excluding carboxylic acids is 2. The summed E-state index contributed by atoms with van der Waals surface area (Å²) in [5.41, 5.74) is 2.64. The van der Waals surface area contributed by atoms with Gasteiger partial charge in [0.2, 0.25) is 5.91 Å². The van der Waals surface area contributed by atoms with Crippen molar-refractivity contribution in [3.8, 4) is 16.4 Å². The SMILES string of the molecule is CC(=O)N1CCN(C(=O)c2csc(CSc3nnc(-c4cccs4)n3-c3cccc(C)c3)n2)CC1. The highest BCUT2D eigenvalue weighted by atomic mass is 32.2. The first-order valence-corrected chi connectivity index (χ1v) is 13.9. The van der Waals surface area contributed by atoms with Crippen molar-refractivity contribution >= 4 is 46.2 Å². The van der Waals surface area contributed by atoms with E-state index in [9.17, 15) is 9.59 Å². The van der Waals surface area contributed by atoms with Crippen molar-refractivity contribution in [3.63, 3.8) is 0 Å². The molecule has 0 atom stereocenters. The predicted molar refractivity (Wildman–Crippen MR) is 139 cm³/mol. The van der Waals surface area contributed by atoms with Crippen LogP contribution in [-0.2, 0) is 10.5 Å². The molecule has 1 saturated heterocycles. The number of aryl methyl sites for hydroxylation is 1. The molecule has 35 heavy (non-hydrogen) atoms. The topological polar surface area (TPSA) is 84.2 Å². The van der Waals surface area contributed by atoms with Crippen molar-refractivity contribution < 1.29 is 9.59 Å². The van der Waals surface area contributed by atoms with Crippen LogP contribution in [0.3, 0.4) is 0 Å². The van der Waals surface area contributed by atoms with E-state index in [1.807, 2.05) is 29.0 Å². The van der Waals surface area contributed by atoms with Crippen LogP contribution >= 0.6 is 34.4 Å². The first kappa shape index (κ1) is 23.7. The first-order valence-electron chi connectivity index (χ1n) is 11.2. The second-order valence-corrected chi connectivity index (χ2v) is 11.0. The molecular weight excluding hydrogens is 501 g/mol. The minimum Gasteiger partial charge on any atom is -0.339 e. The molecule has 4 aromatic rings. The Kier molecular flexibility index (Phi) is 6.98. The molecule has 5 rings (SSSR count). The molecule has 0 aliphatic carbocycles. The molecule has 180 valence electrons. The lowest BCUT2D eigenvalue weighted by Gasteiger charge is -2.33. The van der Waals surface area contributed by atoms with E-state index in [0.717, 1.165) is 32.1 Å². The van der Waals surface area contributed by atoms with Gasteiger partial charge in [0, 0.05) is 38.5 Å². The third kappa shape index (κ3) is 5.16. The minimum absolute atomic E-state index is 0.0471. The van der Waals surface area contributed by atoms with Crippen LogP contribution in [0, 0.1) is 6.92 Å². The zero-order valence-corrected chi connectivity index (χ0v) is 21.8. The molecule has 4 heterocycles. The second-order valence-electron chi connectivity index (χ2n) is 8.17. The Morgan fingerprint density at radius 1 is 1.03 bits per heavy atom. The molecule has 3 aromatic heterocycles. The maximum Gasteiger partial charge on any atom is 0.273 e. The van der Waals surface area contributed by atoms with E-state index in [0.29, 0.717) is 37.6 Å². The van der Waals surface area contributed by atoms with Gasteiger partial charge in [-0.2, -0.15) is 0 Å². The van der Waals surface area contributed by atoms with E-state index in [4.69, 9.17) is 0 Å². The molecule has 1 aliphatic heterocycles. The maximum atomic E-state index is 12.9. The fourth-order valence-corrected chi connectivity index (χ4v) is 6.35. The Labute approximate surface area is 215 Å². The summed E-state index contributed by atoms with van der Waals surface area (Å²) in [4.78, 5) is 33.6. The highest BCUT2D eigenvalue weighted by Crippen LogP contribution is 2.32. The van der Waals surface area contributed by atoms with Crippen LogP contribution in [0.1, 0.15) is 28.0 Å². The number of rotatable bonds is 6. The van der Waals surface area contributed by atoms with Crippen LogP contribution in [0.15, 0.2) is 52.3 Å². The Hall–Kier alpha value is -3.02. The Bertz CT molecular complexity index is 1340. The number of aromatic nitrogens is 4. The fourth-order valence-electron chi connectivity index (χ4n) is 3.92. The molecule has 1 aromatic carbocycles. The van der Waals surface area contributed by atoms with E-state index < -0.39 is 0 Å². The molecule has 0 bridgehead atoms. The molecule has 8 nitrogen and oxygen atoms in total. The van der Waals surface area contributed by atoms with Gasteiger partial charge in [-0.15, -0.1) is 32.9 Å². The summed E-state index contributed by atoms with van der Waals surface area (Å²) >= 11 is 4.66. The molecule has 11 heteroatoms. The van der Waals surface area contributed by atoms with E-state index in [1.165, 1.54) is 11.3 Å². The van der Waals surface area contributed by atoms with Crippen molar-refractivity contribution in [2.45, 2.75) is 24.8 Å². The van der Waals surface area contributed by atoms with Gasteiger partial charge in [-0.05, 0) is 36.1 Å². The third-order valence-corrected chi connectivity index (χ3v) is 8.58. The molecule has 0 unspecified atom stereocenters. The van der Waals surface area contributed by atoms with Crippen molar-refractivity contribution in [2.75, 3.05) is 26.2 Å². The standard InChI is InChI=1S/C24H24N6O2S3/c1-16-5-3-6-18(13-16)30-22(20-7-4-12-33-20)26-27-24(30)35-15-21-25-19(14-34-21)23(32)29-10-8-28(9-11-29)17(2)31/h3-7,12-14H,8-11,15H2,1-2H3. The lowest BCUT2D eigenvalue weighted by atomic mass is 10.2. The molecule has 1 fully saturated rings. The van der Waals surface area contributed by atoms with Gasteiger partial charge in [0.05, 0.1) is 16.3 Å². The van der Waals surface area contributed by atoms with Gasteiger partial charge >= 0.3 is 0 Å². The Morgan fingerprint density at radius 2 is 1.83 bits per heavy atom. The van der Waals surface area contributed by atoms with Gasteiger partial charge in [-0.25, -0.2) is 4.98 Å². The second kappa shape index (κ2) is 10.3. The highest BCUT2D eigenvalue weighted by Gasteiger charge is 2.25. The molecule has 0 saturated carbocycles. The summed E-state index contributed by atoms with van der Waals surface area (Å²) in [6.07, 6.45) is 0. The van der Waals surface area contributed by atoms with Crippen LogP contribution < -0.4 is 0 Å². The number of piperazine rings is 1. The number of thioether (sulfide) groups is 1. The summed E-state index contributed by atoms with van der Waals surface area (Å²) in [6.45, 7) is 5.82. The summed E-state index contributed by atoms with van der Waals surface area (Å²) in [7, 11) is 0. The summed E-state index contributed by atoms with van der Waals surface area (Å²) in [5, 5.41) is 14.5. The smallest absolute Gasteiger partial charge is 0.273 e. The lowest BCUT2D eigenvalue weighted by Crippen LogP contribution is -2.50. The van der Waals surface area contributed by atoms with Crippen molar-refractivity contribution in [1.29, 1.82) is 0 Å². The number of thiazole rings is 1. The van der Waals surface area contributed by atoms with E-state index >= 15 is 0 Å². The van der Waals surface area contributed by atoms with Crippen LogP contribution in [0.5, 0.6) is 0 Å². The number of carbonyl (C=O) groups is 2. The molecule has 0 radical (unpaired) electrons. The number of hydrogen-bond acceptors (Lipinski definition) is 8. The lowest BCUT2D eigenvalue weighted by molar-refractivity contribution is -0.130. The van der Waals surface area contributed by atoms with Crippen LogP contribution in [0.4, 0.5) is 0 Å². The first-order chi connectivity index (χ1) is 17.0. The van der Waals surface area contributed by atoms with Crippen LogP contribution in [0.2, 0.25) is 0 Å². The van der Waals surface area contributed by atoms with E-state index in [1.54, 1.807) is 39.8 Å².